The summed E-state index contributed by atoms with van der Waals surface area (Å²) >= 11 is 0. The number of rotatable bonds is 4. The van der Waals surface area contributed by atoms with Crippen LogP contribution in [0.25, 0.3) is 0 Å². The molecule has 0 radical (unpaired) electrons. The molecule has 5 nitrogen and oxygen atoms in total. The molecule has 0 amide bonds. The summed E-state index contributed by atoms with van der Waals surface area (Å²) in [5, 5.41) is 4.25. The monoisotopic (exact) mass is 272 g/mol. The maximum Gasteiger partial charge on any atom is 0.161 e. The van der Waals surface area contributed by atoms with Crippen LogP contribution in [0.4, 0.5) is 0 Å². The molecule has 1 atom stereocenters. The zero-order chi connectivity index (χ0) is 14.1. The first-order valence-corrected chi connectivity index (χ1v) is 6.88. The molecule has 1 heterocycles. The summed E-state index contributed by atoms with van der Waals surface area (Å²) in [5.74, 6) is 6.53. The summed E-state index contributed by atoms with van der Waals surface area (Å²) in [6.45, 7) is 0. The van der Waals surface area contributed by atoms with Gasteiger partial charge in [0.25, 0.3) is 0 Å². The highest BCUT2D eigenvalue weighted by molar-refractivity contribution is 5.41. The Morgan fingerprint density at radius 3 is 2.90 bits per heavy atom. The van der Waals surface area contributed by atoms with Crippen molar-refractivity contribution >= 4 is 0 Å². The van der Waals surface area contributed by atoms with Gasteiger partial charge in [0, 0.05) is 7.05 Å². The van der Waals surface area contributed by atoms with E-state index in [-0.39, 0.29) is 6.04 Å². The van der Waals surface area contributed by atoms with Crippen molar-refractivity contribution in [1.82, 2.24) is 15.2 Å². The second kappa shape index (κ2) is 5.26. The van der Waals surface area contributed by atoms with Gasteiger partial charge in [-0.25, -0.2) is 5.43 Å². The fraction of sp³-hybridized carbons (Fsp3) is 0.400. The second-order valence-electron chi connectivity index (χ2n) is 5.20. The summed E-state index contributed by atoms with van der Waals surface area (Å²) in [4.78, 5) is 0. The fourth-order valence-electron chi connectivity index (χ4n) is 3.02. The average molecular weight is 272 g/mol. The number of nitrogens with one attached hydrogen (secondary N) is 1. The lowest BCUT2D eigenvalue weighted by molar-refractivity contribution is 0.401. The molecule has 1 aliphatic rings. The maximum atomic E-state index is 5.79. The molecule has 3 rings (SSSR count). The fourth-order valence-corrected chi connectivity index (χ4v) is 3.02. The van der Waals surface area contributed by atoms with Crippen molar-refractivity contribution < 1.29 is 4.74 Å². The molecule has 106 valence electrons. The van der Waals surface area contributed by atoms with E-state index in [9.17, 15) is 0 Å². The number of nitrogens with two attached hydrogens (primary N) is 1. The van der Waals surface area contributed by atoms with Gasteiger partial charge in [-0.2, -0.15) is 5.10 Å². The zero-order valence-corrected chi connectivity index (χ0v) is 11.9. The van der Waals surface area contributed by atoms with Crippen LogP contribution in [0, 0.1) is 0 Å². The van der Waals surface area contributed by atoms with Gasteiger partial charge in [0.15, 0.2) is 5.75 Å². The lowest BCUT2D eigenvalue weighted by atomic mass is 9.99. The molecule has 2 aromatic rings. The van der Waals surface area contributed by atoms with Gasteiger partial charge >= 0.3 is 0 Å². The Morgan fingerprint density at radius 1 is 1.35 bits per heavy atom. The van der Waals surface area contributed by atoms with Crippen molar-refractivity contribution in [2.75, 3.05) is 7.11 Å². The van der Waals surface area contributed by atoms with Crippen LogP contribution in [-0.4, -0.2) is 16.9 Å². The highest BCUT2D eigenvalue weighted by atomic mass is 16.5. The second-order valence-corrected chi connectivity index (χ2v) is 5.20. The number of nitrogens with zero attached hydrogens (tertiary/aromatic N) is 2. The Bertz CT molecular complexity index is 620. The Labute approximate surface area is 118 Å². The van der Waals surface area contributed by atoms with E-state index in [2.05, 4.69) is 28.7 Å². The number of hydrogen-bond donors (Lipinski definition) is 2. The first kappa shape index (κ1) is 13.1. The molecule has 1 aromatic carbocycles. The first-order valence-electron chi connectivity index (χ1n) is 6.88. The van der Waals surface area contributed by atoms with Crippen molar-refractivity contribution in [3.05, 3.63) is 46.8 Å². The number of aromatic nitrogens is 2. The van der Waals surface area contributed by atoms with Crippen LogP contribution in [0.5, 0.6) is 5.75 Å². The number of aryl methyl sites for hydroxylation is 3. The summed E-state index contributed by atoms with van der Waals surface area (Å²) < 4.78 is 7.19. The molecule has 3 N–H and O–H groups in total. The van der Waals surface area contributed by atoms with Crippen LogP contribution in [0.1, 0.15) is 34.8 Å². The number of fused-ring (bicyclic) bond motifs is 1. The molecule has 20 heavy (non-hydrogen) atoms. The number of methoxy groups -OCH3 is 1. The molecular weight excluding hydrogens is 252 g/mol. The number of hydrazine groups is 1. The topological polar surface area (TPSA) is 65.1 Å². The van der Waals surface area contributed by atoms with Crippen LogP contribution in [0.15, 0.2) is 24.4 Å². The minimum atomic E-state index is -0.122. The average Bonchev–Trinajstić information content (AvgIpc) is 3.07. The van der Waals surface area contributed by atoms with E-state index in [0.717, 1.165) is 23.4 Å². The lowest BCUT2D eigenvalue weighted by Gasteiger charge is -2.19. The van der Waals surface area contributed by atoms with E-state index in [0.29, 0.717) is 0 Å². The van der Waals surface area contributed by atoms with Crippen LogP contribution < -0.4 is 16.0 Å². The van der Waals surface area contributed by atoms with E-state index in [4.69, 9.17) is 10.6 Å². The van der Waals surface area contributed by atoms with E-state index in [1.807, 2.05) is 7.05 Å². The van der Waals surface area contributed by atoms with Gasteiger partial charge < -0.3 is 4.74 Å². The van der Waals surface area contributed by atoms with Crippen molar-refractivity contribution in [1.29, 1.82) is 0 Å². The number of ether oxygens (including phenoxy) is 1. The molecule has 1 unspecified atom stereocenters. The van der Waals surface area contributed by atoms with Crippen LogP contribution >= 0.6 is 0 Å². The molecule has 5 heteroatoms. The summed E-state index contributed by atoms with van der Waals surface area (Å²) in [6.07, 6.45) is 5.30. The predicted octanol–water partition coefficient (Wildman–Crippen LogP) is 1.47. The third kappa shape index (κ3) is 2.09. The summed E-state index contributed by atoms with van der Waals surface area (Å²) in [6, 6.07) is 6.48. The Morgan fingerprint density at radius 2 is 2.15 bits per heavy atom. The lowest BCUT2D eigenvalue weighted by Crippen LogP contribution is -2.30. The van der Waals surface area contributed by atoms with Crippen molar-refractivity contribution in [2.45, 2.75) is 25.3 Å². The van der Waals surface area contributed by atoms with Gasteiger partial charge in [-0.3, -0.25) is 10.5 Å². The standard InChI is InChI=1S/C15H20N4O/c1-19-15(13(20-2)9-17-19)14(18-16)12-7-6-10-4-3-5-11(10)8-12/h6-9,14,18H,3-5,16H2,1-2H3. The quantitative estimate of drug-likeness (QED) is 0.653. The molecule has 1 aliphatic carbocycles. The van der Waals surface area contributed by atoms with E-state index in [1.54, 1.807) is 18.0 Å². The highest BCUT2D eigenvalue weighted by Crippen LogP contribution is 2.31. The van der Waals surface area contributed by atoms with Crippen molar-refractivity contribution in [2.24, 2.45) is 12.9 Å². The van der Waals surface area contributed by atoms with Crippen LogP contribution in [0.3, 0.4) is 0 Å². The zero-order valence-electron chi connectivity index (χ0n) is 11.9. The molecule has 0 saturated heterocycles. The van der Waals surface area contributed by atoms with Gasteiger partial charge in [0.2, 0.25) is 0 Å². The van der Waals surface area contributed by atoms with Gasteiger partial charge in [-0.15, -0.1) is 0 Å². The van der Waals surface area contributed by atoms with Crippen LogP contribution in [-0.2, 0) is 19.9 Å². The third-order valence-corrected chi connectivity index (χ3v) is 4.07. The van der Waals surface area contributed by atoms with Gasteiger partial charge in [0.05, 0.1) is 19.3 Å². The molecule has 0 aliphatic heterocycles. The van der Waals surface area contributed by atoms with E-state index >= 15 is 0 Å². The predicted molar refractivity (Wildman–Crippen MR) is 77.4 cm³/mol. The Hall–Kier alpha value is -1.85. The largest absolute Gasteiger partial charge is 0.493 e. The molecule has 1 aromatic heterocycles. The minimum absolute atomic E-state index is 0.122. The molecule has 0 spiro atoms. The third-order valence-electron chi connectivity index (χ3n) is 4.07. The number of benzene rings is 1. The number of hydrogen-bond acceptors (Lipinski definition) is 4. The van der Waals surface area contributed by atoms with Crippen molar-refractivity contribution in [3.63, 3.8) is 0 Å². The summed E-state index contributed by atoms with van der Waals surface area (Å²) in [5.41, 5.74) is 7.87. The van der Waals surface area contributed by atoms with Gasteiger partial charge in [-0.1, -0.05) is 18.2 Å². The minimum Gasteiger partial charge on any atom is -0.493 e. The van der Waals surface area contributed by atoms with Gasteiger partial charge in [0.1, 0.15) is 5.69 Å². The van der Waals surface area contributed by atoms with Crippen LogP contribution in [0.2, 0.25) is 0 Å². The normalized spacial score (nSPS) is 15.2. The maximum absolute atomic E-state index is 5.79. The summed E-state index contributed by atoms with van der Waals surface area (Å²) in [7, 11) is 3.55. The smallest absolute Gasteiger partial charge is 0.161 e. The Kier molecular flexibility index (Phi) is 3.46. The Balaban J connectivity index is 2.03. The molecular formula is C15H20N4O. The van der Waals surface area contributed by atoms with E-state index < -0.39 is 0 Å². The first-order chi connectivity index (χ1) is 9.74. The van der Waals surface area contributed by atoms with Crippen molar-refractivity contribution in [3.8, 4) is 5.75 Å². The SMILES string of the molecule is COc1cnn(C)c1C(NN)c1ccc2c(c1)CCC2. The molecule has 0 saturated carbocycles. The van der Waals surface area contributed by atoms with Gasteiger partial charge in [-0.05, 0) is 36.0 Å². The molecule has 0 bridgehead atoms. The van der Waals surface area contributed by atoms with E-state index in [1.165, 1.54) is 24.0 Å². The molecule has 0 fully saturated rings. The highest BCUT2D eigenvalue weighted by Gasteiger charge is 2.23.